The van der Waals surface area contributed by atoms with E-state index >= 15 is 0 Å². The van der Waals surface area contributed by atoms with Crippen LogP contribution in [-0.4, -0.2) is 27.0 Å². The largest absolute Gasteiger partial charge is 0.444 e. The zero-order valence-electron chi connectivity index (χ0n) is 12.6. The molecule has 0 aromatic carbocycles. The zero-order chi connectivity index (χ0) is 14.4. The normalized spacial score (nSPS) is 12.0. The number of unbranched alkanes of at least 4 members (excludes halogenated alkanes) is 6. The van der Waals surface area contributed by atoms with Gasteiger partial charge in [-0.05, 0) is 12.8 Å². The van der Waals surface area contributed by atoms with Gasteiger partial charge in [-0.25, -0.2) is 0 Å². The topological polar surface area (TPSA) is 18.5 Å². The fourth-order valence-electron chi connectivity index (χ4n) is 1.81. The molecule has 0 aliphatic heterocycles. The van der Waals surface area contributed by atoms with Crippen LogP contribution in [0, 0.1) is 0 Å². The molecule has 0 aliphatic carbocycles. The number of halogens is 2. The molecule has 0 saturated carbocycles. The van der Waals surface area contributed by atoms with E-state index in [0.717, 1.165) is 12.8 Å². The predicted molar refractivity (Wildman–Crippen MR) is 87.3 cm³/mol. The second kappa shape index (κ2) is 13.7. The average molecular weight is 329 g/mol. The number of alkyl halides is 1. The van der Waals surface area contributed by atoms with Gasteiger partial charge in [-0.15, -0.1) is 11.6 Å². The number of hydrogen-bond acceptors (Lipinski definition) is 2. The van der Waals surface area contributed by atoms with Crippen molar-refractivity contribution in [3.8, 4) is 0 Å². The summed E-state index contributed by atoms with van der Waals surface area (Å²) < 4.78 is 11.6. The first-order valence-corrected chi connectivity index (χ1v) is 11.3. The fourth-order valence-corrected chi connectivity index (χ4v) is 5.08. The van der Waals surface area contributed by atoms with Gasteiger partial charge in [0.05, 0.1) is 0 Å². The molecule has 116 valence electrons. The van der Waals surface area contributed by atoms with Gasteiger partial charge in [0.1, 0.15) is 0 Å². The van der Waals surface area contributed by atoms with E-state index < -0.39 is 7.87 Å². The Balaban J connectivity index is 3.76. The molecule has 0 spiro atoms. The van der Waals surface area contributed by atoms with Crippen molar-refractivity contribution in [3.05, 3.63) is 0 Å². The highest BCUT2D eigenvalue weighted by Gasteiger charge is 2.35. The molecule has 0 saturated heterocycles. The van der Waals surface area contributed by atoms with Crippen LogP contribution in [-0.2, 0) is 8.85 Å². The van der Waals surface area contributed by atoms with Gasteiger partial charge in [0.2, 0.25) is 0 Å². The maximum Gasteiger partial charge on any atom is 0.444 e. The molecule has 0 unspecified atom stereocenters. The minimum atomic E-state index is -2.53. The van der Waals surface area contributed by atoms with Gasteiger partial charge in [-0.3, -0.25) is 0 Å². The monoisotopic (exact) mass is 328 g/mol. The second-order valence-corrected chi connectivity index (χ2v) is 9.42. The van der Waals surface area contributed by atoms with Crippen molar-refractivity contribution in [1.29, 1.82) is 0 Å². The highest BCUT2D eigenvalue weighted by atomic mass is 35.6. The summed E-state index contributed by atoms with van der Waals surface area (Å²) in [5, 5.41) is 0. The molecule has 0 amide bonds. The van der Waals surface area contributed by atoms with Crippen LogP contribution in [0.4, 0.5) is 0 Å². The Morgan fingerprint density at radius 1 is 0.789 bits per heavy atom. The maximum atomic E-state index is 6.48. The van der Waals surface area contributed by atoms with Gasteiger partial charge in [-0.1, -0.05) is 63.5 Å². The average Bonchev–Trinajstić information content (AvgIpc) is 2.39. The van der Waals surface area contributed by atoms with Crippen LogP contribution in [0.25, 0.3) is 0 Å². The van der Waals surface area contributed by atoms with Crippen LogP contribution in [0.5, 0.6) is 0 Å². The molecule has 0 atom stereocenters. The van der Waals surface area contributed by atoms with Gasteiger partial charge in [0, 0.05) is 25.1 Å². The summed E-state index contributed by atoms with van der Waals surface area (Å²) in [4.78, 5) is 0. The van der Waals surface area contributed by atoms with E-state index in [2.05, 4.69) is 13.8 Å². The number of hydrogen-bond donors (Lipinski definition) is 0. The Labute approximate surface area is 130 Å². The van der Waals surface area contributed by atoms with Crippen molar-refractivity contribution in [1.82, 2.24) is 0 Å². The highest BCUT2D eigenvalue weighted by molar-refractivity contribution is 7.13. The van der Waals surface area contributed by atoms with Crippen LogP contribution in [0.15, 0.2) is 0 Å². The summed E-state index contributed by atoms with van der Waals surface area (Å²) in [7, 11) is -2.53. The van der Waals surface area contributed by atoms with Crippen LogP contribution < -0.4 is 0 Å². The first kappa shape index (κ1) is 19.7. The van der Waals surface area contributed by atoms with Gasteiger partial charge in [0.15, 0.2) is 0 Å². The third kappa shape index (κ3) is 12.2. The first-order valence-electron chi connectivity index (χ1n) is 7.71. The molecule has 0 heterocycles. The van der Waals surface area contributed by atoms with Gasteiger partial charge >= 0.3 is 7.87 Å². The van der Waals surface area contributed by atoms with Crippen molar-refractivity contribution in [2.75, 3.05) is 19.1 Å². The summed E-state index contributed by atoms with van der Waals surface area (Å²) >= 11 is 12.3. The Bertz CT molecular complexity index is 180. The number of rotatable bonds is 14. The molecule has 0 radical (unpaired) electrons. The second-order valence-electron chi connectivity index (χ2n) is 4.92. The molecule has 0 aromatic heterocycles. The molecule has 0 bridgehead atoms. The lowest BCUT2D eigenvalue weighted by Gasteiger charge is -2.23. The third-order valence-corrected chi connectivity index (χ3v) is 6.87. The maximum absolute atomic E-state index is 6.48. The van der Waals surface area contributed by atoms with Crippen LogP contribution in [0.2, 0.25) is 6.04 Å². The van der Waals surface area contributed by atoms with E-state index in [1.165, 1.54) is 38.5 Å². The van der Waals surface area contributed by atoms with Crippen molar-refractivity contribution >= 4 is 30.6 Å². The molecular weight excluding hydrogens is 299 g/mol. The molecule has 0 aliphatic rings. The molecule has 5 heteroatoms. The van der Waals surface area contributed by atoms with Crippen LogP contribution in [0.3, 0.4) is 0 Å². The Hall–Kier alpha value is 0.717. The SMILES string of the molecule is CCCCCCO[Si](Cl)(CCCl)OCCCCCC. The first-order chi connectivity index (χ1) is 9.18. The van der Waals surface area contributed by atoms with Crippen LogP contribution in [0.1, 0.15) is 65.2 Å². The molecule has 0 fully saturated rings. The van der Waals surface area contributed by atoms with E-state index in [4.69, 9.17) is 31.5 Å². The van der Waals surface area contributed by atoms with E-state index in [0.29, 0.717) is 25.1 Å². The summed E-state index contributed by atoms with van der Waals surface area (Å²) in [6.45, 7) is 5.83. The Morgan fingerprint density at radius 3 is 1.63 bits per heavy atom. The van der Waals surface area contributed by atoms with Crippen molar-refractivity contribution in [2.24, 2.45) is 0 Å². The van der Waals surface area contributed by atoms with E-state index in [9.17, 15) is 0 Å². The molecule has 0 N–H and O–H groups in total. The molecule has 0 aromatic rings. The minimum Gasteiger partial charge on any atom is -0.383 e. The Morgan fingerprint density at radius 2 is 1.26 bits per heavy atom. The molecule has 19 heavy (non-hydrogen) atoms. The van der Waals surface area contributed by atoms with Crippen molar-refractivity contribution < 1.29 is 8.85 Å². The Kier molecular flexibility index (Phi) is 14.2. The lowest BCUT2D eigenvalue weighted by molar-refractivity contribution is 0.181. The smallest absolute Gasteiger partial charge is 0.383 e. The van der Waals surface area contributed by atoms with Crippen molar-refractivity contribution in [3.63, 3.8) is 0 Å². The lowest BCUT2D eigenvalue weighted by atomic mass is 10.2. The van der Waals surface area contributed by atoms with Gasteiger partial charge in [-0.2, -0.15) is 0 Å². The van der Waals surface area contributed by atoms with Crippen LogP contribution >= 0.6 is 22.7 Å². The third-order valence-electron chi connectivity index (χ3n) is 3.02. The highest BCUT2D eigenvalue weighted by Crippen LogP contribution is 2.21. The van der Waals surface area contributed by atoms with Gasteiger partial charge in [0.25, 0.3) is 0 Å². The molecule has 0 rings (SSSR count). The zero-order valence-corrected chi connectivity index (χ0v) is 15.1. The predicted octanol–water partition coefficient (Wildman–Crippen LogP) is 5.60. The van der Waals surface area contributed by atoms with E-state index in [1.807, 2.05) is 0 Å². The standard InChI is InChI=1S/C14H30Cl2O2Si/c1-3-5-7-9-12-17-19(16,14-11-15)18-13-10-8-6-4-2/h3-14H2,1-2H3. The molecule has 2 nitrogen and oxygen atoms in total. The molecular formula is C14H30Cl2O2Si. The lowest BCUT2D eigenvalue weighted by Crippen LogP contribution is -2.37. The summed E-state index contributed by atoms with van der Waals surface area (Å²) in [5.41, 5.74) is 0. The van der Waals surface area contributed by atoms with E-state index in [1.54, 1.807) is 0 Å². The quantitative estimate of drug-likeness (QED) is 0.179. The van der Waals surface area contributed by atoms with E-state index in [-0.39, 0.29) is 0 Å². The van der Waals surface area contributed by atoms with Gasteiger partial charge < -0.3 is 8.85 Å². The summed E-state index contributed by atoms with van der Waals surface area (Å²) in [6.07, 6.45) is 9.53. The van der Waals surface area contributed by atoms with Crippen molar-refractivity contribution in [2.45, 2.75) is 71.3 Å². The fraction of sp³-hybridized carbons (Fsp3) is 1.00. The summed E-state index contributed by atoms with van der Waals surface area (Å²) in [5.74, 6) is 0.514. The summed E-state index contributed by atoms with van der Waals surface area (Å²) in [6, 6.07) is 0.664. The minimum absolute atomic E-state index is 0.514.